The third kappa shape index (κ3) is 3.90. The first-order valence-electron chi connectivity index (χ1n) is 11.6. The highest BCUT2D eigenvalue weighted by molar-refractivity contribution is 9.09. The number of amides is 3. The summed E-state index contributed by atoms with van der Waals surface area (Å²) in [6.45, 7) is 4.14. The smallest absolute Gasteiger partial charge is 0.244 e. The highest BCUT2D eigenvalue weighted by atomic mass is 79.9. The number of thioether (sulfide) groups is 1. The van der Waals surface area contributed by atoms with Gasteiger partial charge in [0, 0.05) is 23.7 Å². The van der Waals surface area contributed by atoms with E-state index in [-0.39, 0.29) is 40.3 Å². The summed E-state index contributed by atoms with van der Waals surface area (Å²) in [6, 6.07) is 8.44. The summed E-state index contributed by atoms with van der Waals surface area (Å²) in [6.07, 6.45) is 1.39. The van der Waals surface area contributed by atoms with Crippen LogP contribution in [0.25, 0.3) is 0 Å². The largest absolute Gasteiger partial charge is 0.394 e. The van der Waals surface area contributed by atoms with E-state index in [1.807, 2.05) is 44.2 Å². The lowest BCUT2D eigenvalue weighted by Crippen LogP contribution is -2.58. The summed E-state index contributed by atoms with van der Waals surface area (Å²) in [7, 11) is 1.59. The van der Waals surface area contributed by atoms with E-state index in [9.17, 15) is 19.5 Å². The van der Waals surface area contributed by atoms with E-state index in [2.05, 4.69) is 26.6 Å². The van der Waals surface area contributed by atoms with Crippen LogP contribution in [0.15, 0.2) is 30.3 Å². The molecule has 8 atom stereocenters. The third-order valence-electron chi connectivity index (χ3n) is 7.68. The molecule has 3 aliphatic heterocycles. The number of aliphatic hydroxyl groups is 1. The van der Waals surface area contributed by atoms with Crippen LogP contribution in [-0.4, -0.2) is 68.3 Å². The Hall–Kier alpha value is -1.58. The Labute approximate surface area is 207 Å². The lowest BCUT2D eigenvalue weighted by Gasteiger charge is -2.39. The highest BCUT2D eigenvalue weighted by Gasteiger charge is 2.76. The third-order valence-corrected chi connectivity index (χ3v) is 10.9. The first-order valence-corrected chi connectivity index (χ1v) is 13.4. The summed E-state index contributed by atoms with van der Waals surface area (Å²) in [4.78, 5) is 42.3. The molecule has 0 aromatic heterocycles. The summed E-state index contributed by atoms with van der Waals surface area (Å²) in [5, 5.41) is 16.0. The minimum Gasteiger partial charge on any atom is -0.394 e. The second kappa shape index (κ2) is 9.58. The lowest BCUT2D eigenvalue weighted by molar-refractivity contribution is -0.143. The van der Waals surface area contributed by atoms with Crippen molar-refractivity contribution in [1.29, 1.82) is 0 Å². The molecule has 0 aliphatic carbocycles. The van der Waals surface area contributed by atoms with Crippen molar-refractivity contribution in [3.63, 3.8) is 0 Å². The van der Waals surface area contributed by atoms with E-state index >= 15 is 0 Å². The number of hydrogen-bond donors (Lipinski definition) is 3. The van der Waals surface area contributed by atoms with Gasteiger partial charge in [-0.2, -0.15) is 0 Å². The maximum atomic E-state index is 13.9. The molecule has 3 fully saturated rings. The fraction of sp³-hybridized carbons (Fsp3) is 0.625. The van der Waals surface area contributed by atoms with Gasteiger partial charge in [0.2, 0.25) is 17.7 Å². The molecule has 3 N–H and O–H groups in total. The molecule has 2 bridgehead atoms. The number of hydrogen-bond acceptors (Lipinski definition) is 5. The normalized spacial score (nSPS) is 34.2. The number of benzene rings is 1. The molecular weight excluding hydrogens is 506 g/mol. The average Bonchev–Trinajstić information content (AvgIpc) is 3.42. The molecule has 4 rings (SSSR count). The predicted molar refractivity (Wildman–Crippen MR) is 132 cm³/mol. The SMILES string of the molecule is CC[C@H](C)[C@H](CO)N1C(=O)[C@@H]2[C@@H](C(=O)NC)[C@@H]3SC2(CC3Br)C1C(=O)NCc1ccccc1. The van der Waals surface area contributed by atoms with E-state index in [0.29, 0.717) is 13.0 Å². The average molecular weight is 539 g/mol. The van der Waals surface area contributed by atoms with E-state index in [1.54, 1.807) is 23.7 Å². The number of carbonyl (C=O) groups is 3. The Morgan fingerprint density at radius 1 is 1.30 bits per heavy atom. The molecule has 3 saturated heterocycles. The van der Waals surface area contributed by atoms with Gasteiger partial charge in [-0.05, 0) is 17.9 Å². The van der Waals surface area contributed by atoms with Crippen molar-refractivity contribution in [2.24, 2.45) is 17.8 Å². The van der Waals surface area contributed by atoms with Gasteiger partial charge in [-0.1, -0.05) is 66.5 Å². The monoisotopic (exact) mass is 537 g/mol. The van der Waals surface area contributed by atoms with Gasteiger partial charge in [0.25, 0.3) is 0 Å². The molecule has 1 aromatic rings. The van der Waals surface area contributed by atoms with Crippen LogP contribution >= 0.6 is 27.7 Å². The number of aliphatic hydroxyl groups excluding tert-OH is 1. The predicted octanol–water partition coefficient (Wildman–Crippen LogP) is 1.92. The number of nitrogens with one attached hydrogen (secondary N) is 2. The van der Waals surface area contributed by atoms with Crippen molar-refractivity contribution in [2.45, 2.75) is 60.1 Å². The standard InChI is InChI=1S/C24H32BrN3O4S/c1-4-13(2)16(12-29)28-20(22(31)27-11-14-8-6-5-7-9-14)24-10-15(25)19(33-24)17(21(30)26-3)18(24)23(28)32/h5-9,13,15-20,29H,4,10-12H2,1-3H3,(H,26,30)(H,27,31)/t13-,15?,16-,17+,18-,19+,20?,24?/m0/s1. The Morgan fingerprint density at radius 2 is 2.00 bits per heavy atom. The van der Waals surface area contributed by atoms with Crippen LogP contribution in [0.4, 0.5) is 0 Å². The fourth-order valence-electron chi connectivity index (χ4n) is 5.89. The Bertz CT molecular complexity index is 918. The van der Waals surface area contributed by atoms with Crippen LogP contribution in [0.3, 0.4) is 0 Å². The first-order chi connectivity index (χ1) is 15.8. The Balaban J connectivity index is 1.73. The van der Waals surface area contributed by atoms with Crippen molar-refractivity contribution in [1.82, 2.24) is 15.5 Å². The molecular formula is C24H32BrN3O4S. The number of halogens is 1. The van der Waals surface area contributed by atoms with Crippen molar-refractivity contribution in [3.8, 4) is 0 Å². The number of carbonyl (C=O) groups excluding carboxylic acids is 3. The number of likely N-dealkylation sites (tertiary alicyclic amines) is 1. The zero-order chi connectivity index (χ0) is 23.9. The van der Waals surface area contributed by atoms with Crippen LogP contribution in [0.2, 0.25) is 0 Å². The van der Waals surface area contributed by atoms with Gasteiger partial charge in [0.15, 0.2) is 0 Å². The topological polar surface area (TPSA) is 98.7 Å². The Morgan fingerprint density at radius 3 is 2.61 bits per heavy atom. The highest BCUT2D eigenvalue weighted by Crippen LogP contribution is 2.68. The van der Waals surface area contributed by atoms with Gasteiger partial charge in [0.1, 0.15) is 6.04 Å². The van der Waals surface area contributed by atoms with Crippen LogP contribution in [0.5, 0.6) is 0 Å². The van der Waals surface area contributed by atoms with Gasteiger partial charge < -0.3 is 20.6 Å². The van der Waals surface area contributed by atoms with Crippen molar-refractivity contribution in [3.05, 3.63) is 35.9 Å². The van der Waals surface area contributed by atoms with E-state index in [1.165, 1.54) is 0 Å². The number of alkyl halides is 1. The molecule has 1 aromatic carbocycles. The molecule has 3 amide bonds. The van der Waals surface area contributed by atoms with E-state index < -0.39 is 28.7 Å². The van der Waals surface area contributed by atoms with Crippen LogP contribution in [0.1, 0.15) is 32.3 Å². The summed E-state index contributed by atoms with van der Waals surface area (Å²) >= 11 is 5.35. The van der Waals surface area contributed by atoms with Crippen molar-refractivity contribution in [2.75, 3.05) is 13.7 Å². The quantitative estimate of drug-likeness (QED) is 0.440. The summed E-state index contributed by atoms with van der Waals surface area (Å²) in [5.74, 6) is -1.63. The summed E-state index contributed by atoms with van der Waals surface area (Å²) in [5.41, 5.74) is 0.974. The molecule has 3 unspecified atom stereocenters. The molecule has 7 nitrogen and oxygen atoms in total. The lowest BCUT2D eigenvalue weighted by atomic mass is 9.70. The maximum Gasteiger partial charge on any atom is 0.244 e. The number of fused-ring (bicyclic) bond motifs is 1. The molecule has 180 valence electrons. The zero-order valence-corrected chi connectivity index (χ0v) is 21.6. The van der Waals surface area contributed by atoms with Gasteiger partial charge >= 0.3 is 0 Å². The van der Waals surface area contributed by atoms with Gasteiger partial charge in [0.05, 0.1) is 29.2 Å². The van der Waals surface area contributed by atoms with Crippen molar-refractivity contribution >= 4 is 45.4 Å². The molecule has 9 heteroatoms. The zero-order valence-electron chi connectivity index (χ0n) is 19.2. The minimum absolute atomic E-state index is 0.0130. The van der Waals surface area contributed by atoms with Gasteiger partial charge in [-0.25, -0.2) is 0 Å². The molecule has 1 spiro atoms. The maximum absolute atomic E-state index is 13.9. The number of rotatable bonds is 8. The second-order valence-corrected chi connectivity index (χ2v) is 12.1. The van der Waals surface area contributed by atoms with Gasteiger partial charge in [-0.3, -0.25) is 14.4 Å². The van der Waals surface area contributed by atoms with Crippen LogP contribution < -0.4 is 10.6 Å². The number of nitrogens with zero attached hydrogens (tertiary/aromatic N) is 1. The van der Waals surface area contributed by atoms with Crippen LogP contribution in [-0.2, 0) is 20.9 Å². The fourth-order valence-corrected chi connectivity index (χ4v) is 9.49. The first kappa shape index (κ1) is 24.5. The minimum atomic E-state index is -0.741. The summed E-state index contributed by atoms with van der Waals surface area (Å²) < 4.78 is -0.700. The van der Waals surface area contributed by atoms with Crippen LogP contribution in [0, 0.1) is 17.8 Å². The molecule has 33 heavy (non-hydrogen) atoms. The van der Waals surface area contributed by atoms with E-state index in [4.69, 9.17) is 0 Å². The van der Waals surface area contributed by atoms with Crippen molar-refractivity contribution < 1.29 is 19.5 Å². The Kier molecular flexibility index (Phi) is 7.13. The molecule has 0 radical (unpaired) electrons. The molecule has 0 saturated carbocycles. The molecule has 3 heterocycles. The van der Waals surface area contributed by atoms with E-state index in [0.717, 1.165) is 12.0 Å². The second-order valence-electron chi connectivity index (χ2n) is 9.36. The molecule has 3 aliphatic rings. The van der Waals surface area contributed by atoms with Gasteiger partial charge in [-0.15, -0.1) is 11.8 Å².